The predicted molar refractivity (Wildman–Crippen MR) is 63.3 cm³/mol. The summed E-state index contributed by atoms with van der Waals surface area (Å²) in [7, 11) is 0. The minimum Gasteiger partial charge on any atom is -0.481 e. The maximum Gasteiger partial charge on any atom is 0.471 e. The number of carbonyl (C=O) groups excluding carboxylic acids is 1. The number of rotatable bonds is 4. The van der Waals surface area contributed by atoms with E-state index in [0.29, 0.717) is 4.47 Å². The molecule has 0 saturated heterocycles. The van der Waals surface area contributed by atoms with Gasteiger partial charge in [0.2, 0.25) is 0 Å². The molecule has 8 heteroatoms. The molecule has 104 valence electrons. The second-order valence-corrected chi connectivity index (χ2v) is 4.50. The van der Waals surface area contributed by atoms with E-state index in [1.807, 2.05) is 0 Å². The van der Waals surface area contributed by atoms with Gasteiger partial charge in [-0.3, -0.25) is 9.59 Å². The molecule has 0 aliphatic rings. The summed E-state index contributed by atoms with van der Waals surface area (Å²) in [5.74, 6) is -3.49. The second-order valence-electron chi connectivity index (χ2n) is 3.64. The van der Waals surface area contributed by atoms with E-state index in [-0.39, 0.29) is 5.56 Å². The molecule has 1 aromatic carbocycles. The maximum atomic E-state index is 12.2. The number of halogens is 4. The Morgan fingerprint density at radius 3 is 2.37 bits per heavy atom. The molecule has 1 amide bonds. The van der Waals surface area contributed by atoms with Crippen LogP contribution >= 0.6 is 15.9 Å². The molecule has 2 N–H and O–H groups in total. The molecule has 1 unspecified atom stereocenters. The van der Waals surface area contributed by atoms with Crippen molar-refractivity contribution < 1.29 is 27.9 Å². The van der Waals surface area contributed by atoms with E-state index in [1.165, 1.54) is 12.1 Å². The van der Waals surface area contributed by atoms with Gasteiger partial charge in [-0.15, -0.1) is 0 Å². The van der Waals surface area contributed by atoms with Gasteiger partial charge in [-0.1, -0.05) is 34.1 Å². The van der Waals surface area contributed by atoms with Crippen LogP contribution in [0.5, 0.6) is 0 Å². The van der Waals surface area contributed by atoms with E-state index >= 15 is 0 Å². The fraction of sp³-hybridized carbons (Fsp3) is 0.273. The van der Waals surface area contributed by atoms with Crippen LogP contribution < -0.4 is 5.32 Å². The predicted octanol–water partition coefficient (Wildman–Crippen LogP) is 2.64. The Kier molecular flexibility index (Phi) is 4.93. The number of aliphatic carboxylic acids is 1. The first kappa shape index (κ1) is 15.5. The van der Waals surface area contributed by atoms with E-state index in [4.69, 9.17) is 5.11 Å². The van der Waals surface area contributed by atoms with Gasteiger partial charge >= 0.3 is 18.1 Å². The van der Waals surface area contributed by atoms with Crippen molar-refractivity contribution in [1.82, 2.24) is 5.32 Å². The minimum absolute atomic E-state index is 0.266. The average Bonchev–Trinajstić information content (AvgIpc) is 2.26. The molecule has 1 aromatic rings. The summed E-state index contributed by atoms with van der Waals surface area (Å²) >= 11 is 3.10. The average molecular weight is 340 g/mol. The molecule has 4 nitrogen and oxygen atoms in total. The standard InChI is InChI=1S/C11H9BrF3NO3/c12-7-4-2-1-3-6(7)8(5-9(17)18)16-10(19)11(13,14)15/h1-4,8H,5H2,(H,16,19)(H,17,18). The van der Waals surface area contributed by atoms with Gasteiger partial charge in [0.15, 0.2) is 0 Å². The smallest absolute Gasteiger partial charge is 0.471 e. The highest BCUT2D eigenvalue weighted by atomic mass is 79.9. The number of nitrogens with one attached hydrogen (secondary N) is 1. The summed E-state index contributed by atoms with van der Waals surface area (Å²) in [5, 5.41) is 10.4. The zero-order chi connectivity index (χ0) is 14.6. The number of benzene rings is 1. The zero-order valence-electron chi connectivity index (χ0n) is 9.37. The Hall–Kier alpha value is -1.57. The molecule has 1 atom stereocenters. The van der Waals surface area contributed by atoms with Crippen LogP contribution in [0.3, 0.4) is 0 Å². The van der Waals surface area contributed by atoms with Crippen LogP contribution in [0, 0.1) is 0 Å². The van der Waals surface area contributed by atoms with Crippen molar-refractivity contribution in [3.63, 3.8) is 0 Å². The summed E-state index contributed by atoms with van der Waals surface area (Å²) in [6, 6.07) is 4.88. The molecule has 0 aliphatic carbocycles. The number of carboxylic acids is 1. The lowest BCUT2D eigenvalue weighted by molar-refractivity contribution is -0.174. The summed E-state index contributed by atoms with van der Waals surface area (Å²) in [5.41, 5.74) is 0.266. The number of alkyl halides is 3. The SMILES string of the molecule is O=C(O)CC(NC(=O)C(F)(F)F)c1ccccc1Br. The monoisotopic (exact) mass is 339 g/mol. The van der Waals surface area contributed by atoms with Crippen LogP contribution in [0.25, 0.3) is 0 Å². The molecule has 0 heterocycles. The number of hydrogen-bond acceptors (Lipinski definition) is 2. The van der Waals surface area contributed by atoms with Crippen LogP contribution in [0.15, 0.2) is 28.7 Å². The number of hydrogen-bond donors (Lipinski definition) is 2. The molecule has 0 aliphatic heterocycles. The third-order valence-electron chi connectivity index (χ3n) is 2.22. The lowest BCUT2D eigenvalue weighted by atomic mass is 10.0. The second kappa shape index (κ2) is 6.05. The van der Waals surface area contributed by atoms with E-state index < -0.39 is 30.5 Å². The van der Waals surface area contributed by atoms with E-state index in [2.05, 4.69) is 15.9 Å². The van der Waals surface area contributed by atoms with Crippen LogP contribution in [0.2, 0.25) is 0 Å². The van der Waals surface area contributed by atoms with Crippen molar-refractivity contribution in [1.29, 1.82) is 0 Å². The first-order valence-corrected chi connectivity index (χ1v) is 5.85. The van der Waals surface area contributed by atoms with Crippen LogP contribution in [-0.4, -0.2) is 23.2 Å². The first-order valence-electron chi connectivity index (χ1n) is 5.05. The van der Waals surface area contributed by atoms with Gasteiger partial charge < -0.3 is 10.4 Å². The molecule has 0 bridgehead atoms. The largest absolute Gasteiger partial charge is 0.481 e. The quantitative estimate of drug-likeness (QED) is 0.886. The van der Waals surface area contributed by atoms with Crippen molar-refractivity contribution in [3.05, 3.63) is 34.3 Å². The Morgan fingerprint density at radius 2 is 1.89 bits per heavy atom. The first-order chi connectivity index (χ1) is 8.71. The summed E-state index contributed by atoms with van der Waals surface area (Å²) in [6.45, 7) is 0. The van der Waals surface area contributed by atoms with E-state index in [1.54, 1.807) is 17.4 Å². The molecule has 0 spiro atoms. The van der Waals surface area contributed by atoms with Gasteiger partial charge in [0.25, 0.3) is 0 Å². The number of carbonyl (C=O) groups is 2. The topological polar surface area (TPSA) is 66.4 Å². The highest BCUT2D eigenvalue weighted by molar-refractivity contribution is 9.10. The fourth-order valence-corrected chi connectivity index (χ4v) is 1.97. The van der Waals surface area contributed by atoms with Crippen molar-refractivity contribution in [2.45, 2.75) is 18.6 Å². The molecule has 0 aromatic heterocycles. The number of amides is 1. The summed E-state index contributed by atoms with van der Waals surface area (Å²) in [6.07, 6.45) is -5.71. The van der Waals surface area contributed by atoms with Crippen LogP contribution in [-0.2, 0) is 9.59 Å². The van der Waals surface area contributed by atoms with Gasteiger partial charge in [0.1, 0.15) is 0 Å². The summed E-state index contributed by atoms with van der Waals surface area (Å²) < 4.78 is 37.0. The number of carboxylic acid groups (broad SMARTS) is 1. The van der Waals surface area contributed by atoms with Gasteiger partial charge in [0, 0.05) is 4.47 Å². The fourth-order valence-electron chi connectivity index (χ4n) is 1.41. The Bertz CT molecular complexity index is 490. The molecule has 0 fully saturated rings. The van der Waals surface area contributed by atoms with Crippen molar-refractivity contribution >= 4 is 27.8 Å². The third-order valence-corrected chi connectivity index (χ3v) is 2.94. The molecule has 1 rings (SSSR count). The van der Waals surface area contributed by atoms with Crippen LogP contribution in [0.1, 0.15) is 18.0 Å². The van der Waals surface area contributed by atoms with E-state index in [9.17, 15) is 22.8 Å². The lowest BCUT2D eigenvalue weighted by Gasteiger charge is -2.19. The molecule has 0 saturated carbocycles. The van der Waals surface area contributed by atoms with Crippen molar-refractivity contribution in [2.75, 3.05) is 0 Å². The minimum atomic E-state index is -5.06. The highest BCUT2D eigenvalue weighted by Gasteiger charge is 2.40. The molecular weight excluding hydrogens is 331 g/mol. The van der Waals surface area contributed by atoms with E-state index in [0.717, 1.165) is 0 Å². The molecule has 0 radical (unpaired) electrons. The van der Waals surface area contributed by atoms with Crippen LogP contribution in [0.4, 0.5) is 13.2 Å². The lowest BCUT2D eigenvalue weighted by Crippen LogP contribution is -2.39. The van der Waals surface area contributed by atoms with Gasteiger partial charge in [-0.2, -0.15) is 13.2 Å². The Labute approximate surface area is 114 Å². The maximum absolute atomic E-state index is 12.2. The zero-order valence-corrected chi connectivity index (χ0v) is 11.0. The van der Waals surface area contributed by atoms with Gasteiger partial charge in [-0.25, -0.2) is 0 Å². The highest BCUT2D eigenvalue weighted by Crippen LogP contribution is 2.27. The molecular formula is C11H9BrF3NO3. The van der Waals surface area contributed by atoms with Crippen molar-refractivity contribution in [3.8, 4) is 0 Å². The third kappa shape index (κ3) is 4.55. The Morgan fingerprint density at radius 1 is 1.32 bits per heavy atom. The van der Waals surface area contributed by atoms with Crippen molar-refractivity contribution in [2.24, 2.45) is 0 Å². The normalized spacial score (nSPS) is 12.8. The van der Waals surface area contributed by atoms with Gasteiger partial charge in [0.05, 0.1) is 12.5 Å². The van der Waals surface area contributed by atoms with Gasteiger partial charge in [-0.05, 0) is 11.6 Å². The Balaban J connectivity index is 3.00. The summed E-state index contributed by atoms with van der Waals surface area (Å²) in [4.78, 5) is 21.6. The molecule has 19 heavy (non-hydrogen) atoms.